The summed E-state index contributed by atoms with van der Waals surface area (Å²) in [5, 5.41) is 9.61. The number of aromatic nitrogens is 2. The van der Waals surface area contributed by atoms with Crippen LogP contribution in [0, 0.1) is 13.8 Å². The highest BCUT2D eigenvalue weighted by atomic mass is 35.5. The second-order valence-electron chi connectivity index (χ2n) is 7.11. The van der Waals surface area contributed by atoms with E-state index in [1.807, 2.05) is 38.1 Å². The molecule has 6 nitrogen and oxygen atoms in total. The van der Waals surface area contributed by atoms with Gasteiger partial charge in [0.1, 0.15) is 5.75 Å². The molecule has 1 aromatic heterocycles. The van der Waals surface area contributed by atoms with Crippen molar-refractivity contribution in [3.63, 3.8) is 0 Å². The standard InChI is InChI=1S/C22H20Cl2N4O2/c1-13-6-7-15(20(24)8-13)10-17-12-29-28-21(25-17)19-9-14(2)26-27-22(19)30-18-5-3-4-16(23)11-18/h3-9,11,17H,10,12H2,1-2H3,(H,25,28). The quantitative estimate of drug-likeness (QED) is 0.595. The first-order valence-electron chi connectivity index (χ1n) is 9.46. The van der Waals surface area contributed by atoms with E-state index in [0.717, 1.165) is 21.8 Å². The topological polar surface area (TPSA) is 68.6 Å². The molecule has 0 saturated carbocycles. The summed E-state index contributed by atoms with van der Waals surface area (Å²) in [5.41, 5.74) is 6.42. The molecule has 0 radical (unpaired) electrons. The van der Waals surface area contributed by atoms with E-state index in [-0.39, 0.29) is 6.04 Å². The number of halogens is 2. The molecule has 2 aromatic carbocycles. The van der Waals surface area contributed by atoms with Gasteiger partial charge in [-0.05, 0) is 61.7 Å². The highest BCUT2D eigenvalue weighted by Gasteiger charge is 2.22. The predicted octanol–water partition coefficient (Wildman–Crippen LogP) is 5.09. The molecule has 1 aliphatic rings. The maximum absolute atomic E-state index is 6.40. The second kappa shape index (κ2) is 9.00. The van der Waals surface area contributed by atoms with Gasteiger partial charge in [-0.25, -0.2) is 5.48 Å². The SMILES string of the molecule is Cc1ccc(CC2CONC(c3cc(C)nnc3Oc3cccc(Cl)c3)=N2)c(Cl)c1. The van der Waals surface area contributed by atoms with Gasteiger partial charge in [-0.2, -0.15) is 5.10 Å². The molecule has 1 atom stereocenters. The minimum atomic E-state index is -0.103. The second-order valence-corrected chi connectivity index (χ2v) is 7.95. The van der Waals surface area contributed by atoms with Gasteiger partial charge in [0.05, 0.1) is 23.9 Å². The van der Waals surface area contributed by atoms with Crippen molar-refractivity contribution in [2.45, 2.75) is 26.3 Å². The number of nitrogens with one attached hydrogen (secondary N) is 1. The Balaban J connectivity index is 1.62. The molecule has 0 fully saturated rings. The highest BCUT2D eigenvalue weighted by Crippen LogP contribution is 2.27. The third-order valence-corrected chi connectivity index (χ3v) is 5.16. The normalized spacial score (nSPS) is 16.0. The van der Waals surface area contributed by atoms with Gasteiger partial charge in [-0.15, -0.1) is 5.10 Å². The van der Waals surface area contributed by atoms with Crippen LogP contribution in [0.4, 0.5) is 0 Å². The van der Waals surface area contributed by atoms with Gasteiger partial charge in [0.25, 0.3) is 0 Å². The van der Waals surface area contributed by atoms with Crippen LogP contribution in [-0.2, 0) is 11.3 Å². The van der Waals surface area contributed by atoms with Crippen LogP contribution in [0.1, 0.15) is 22.4 Å². The van der Waals surface area contributed by atoms with Crippen LogP contribution in [0.15, 0.2) is 53.5 Å². The summed E-state index contributed by atoms with van der Waals surface area (Å²) in [5.74, 6) is 1.40. The Kier molecular flexibility index (Phi) is 6.18. The zero-order valence-electron chi connectivity index (χ0n) is 16.5. The number of aryl methyl sites for hydroxylation is 2. The third kappa shape index (κ3) is 4.90. The van der Waals surface area contributed by atoms with Crippen LogP contribution in [-0.4, -0.2) is 28.7 Å². The lowest BCUT2D eigenvalue weighted by Gasteiger charge is -2.23. The summed E-state index contributed by atoms with van der Waals surface area (Å²) in [4.78, 5) is 10.4. The third-order valence-electron chi connectivity index (χ3n) is 4.57. The highest BCUT2D eigenvalue weighted by molar-refractivity contribution is 6.31. The zero-order chi connectivity index (χ0) is 21.1. The smallest absolute Gasteiger partial charge is 0.250 e. The van der Waals surface area contributed by atoms with Gasteiger partial charge in [-0.3, -0.25) is 9.83 Å². The van der Waals surface area contributed by atoms with Gasteiger partial charge in [-0.1, -0.05) is 41.4 Å². The molecule has 1 N–H and O–H groups in total. The molecule has 8 heteroatoms. The minimum Gasteiger partial charge on any atom is -0.437 e. The van der Waals surface area contributed by atoms with E-state index in [2.05, 4.69) is 15.7 Å². The molecule has 4 rings (SSSR count). The number of hydroxylamine groups is 1. The summed E-state index contributed by atoms with van der Waals surface area (Å²) in [6.45, 7) is 4.29. The Bertz CT molecular complexity index is 1100. The van der Waals surface area contributed by atoms with E-state index in [0.29, 0.717) is 41.1 Å². The zero-order valence-corrected chi connectivity index (χ0v) is 18.0. The number of ether oxygens (including phenoxy) is 1. The van der Waals surface area contributed by atoms with E-state index in [9.17, 15) is 0 Å². The molecule has 0 aliphatic carbocycles. The molecule has 154 valence electrons. The average Bonchev–Trinajstić information content (AvgIpc) is 2.72. The summed E-state index contributed by atoms with van der Waals surface area (Å²) in [6, 6.07) is 14.9. The fourth-order valence-electron chi connectivity index (χ4n) is 3.12. The molecule has 0 amide bonds. The summed E-state index contributed by atoms with van der Waals surface area (Å²) in [6.07, 6.45) is 0.659. The Hall–Kier alpha value is -2.67. The van der Waals surface area contributed by atoms with E-state index in [1.165, 1.54) is 0 Å². The number of benzene rings is 2. The Morgan fingerprint density at radius 3 is 2.77 bits per heavy atom. The van der Waals surface area contributed by atoms with E-state index >= 15 is 0 Å². The van der Waals surface area contributed by atoms with Gasteiger partial charge in [0.2, 0.25) is 5.88 Å². The van der Waals surface area contributed by atoms with E-state index < -0.39 is 0 Å². The summed E-state index contributed by atoms with van der Waals surface area (Å²) < 4.78 is 5.93. The van der Waals surface area contributed by atoms with Crippen molar-refractivity contribution in [1.29, 1.82) is 0 Å². The van der Waals surface area contributed by atoms with Crippen LogP contribution in [0.25, 0.3) is 0 Å². The number of hydrogen-bond donors (Lipinski definition) is 1. The predicted molar refractivity (Wildman–Crippen MR) is 118 cm³/mol. The number of nitrogens with zero attached hydrogens (tertiary/aromatic N) is 3. The van der Waals surface area contributed by atoms with Gasteiger partial charge in [0.15, 0.2) is 5.84 Å². The van der Waals surface area contributed by atoms with Crippen LogP contribution in [0.5, 0.6) is 11.6 Å². The first kappa shape index (κ1) is 20.6. The minimum absolute atomic E-state index is 0.103. The number of aliphatic imine (C=N–C) groups is 1. The van der Waals surface area contributed by atoms with Crippen molar-refractivity contribution in [3.8, 4) is 11.6 Å². The van der Waals surface area contributed by atoms with Gasteiger partial charge < -0.3 is 4.74 Å². The first-order valence-corrected chi connectivity index (χ1v) is 10.2. The van der Waals surface area contributed by atoms with Gasteiger partial charge >= 0.3 is 0 Å². The van der Waals surface area contributed by atoms with Crippen molar-refractivity contribution in [3.05, 3.63) is 81.0 Å². The fourth-order valence-corrected chi connectivity index (χ4v) is 3.61. The van der Waals surface area contributed by atoms with Crippen LogP contribution in [0.2, 0.25) is 10.0 Å². The van der Waals surface area contributed by atoms with Crippen molar-refractivity contribution in [2.24, 2.45) is 4.99 Å². The van der Waals surface area contributed by atoms with Crippen molar-refractivity contribution in [2.75, 3.05) is 6.61 Å². The maximum Gasteiger partial charge on any atom is 0.250 e. The van der Waals surface area contributed by atoms with Crippen molar-refractivity contribution >= 4 is 29.0 Å². The molecule has 30 heavy (non-hydrogen) atoms. The maximum atomic E-state index is 6.40. The van der Waals surface area contributed by atoms with Crippen LogP contribution >= 0.6 is 23.2 Å². The lowest BCUT2D eigenvalue weighted by atomic mass is 10.0. The molecular formula is C22H20Cl2N4O2. The number of amidine groups is 1. The molecular weight excluding hydrogens is 423 g/mol. The monoisotopic (exact) mass is 442 g/mol. The fraction of sp³-hybridized carbons (Fsp3) is 0.227. The van der Waals surface area contributed by atoms with Gasteiger partial charge in [0, 0.05) is 10.0 Å². The molecule has 0 spiro atoms. The average molecular weight is 443 g/mol. The summed E-state index contributed by atoms with van der Waals surface area (Å²) in [7, 11) is 0. The number of hydrogen-bond acceptors (Lipinski definition) is 6. The van der Waals surface area contributed by atoms with Crippen LogP contribution < -0.4 is 10.2 Å². The molecule has 1 unspecified atom stereocenters. The molecule has 3 aromatic rings. The Labute approximate surface area is 184 Å². The molecule has 1 aliphatic heterocycles. The van der Waals surface area contributed by atoms with Crippen molar-refractivity contribution < 1.29 is 9.57 Å². The number of rotatable bonds is 5. The van der Waals surface area contributed by atoms with E-state index in [4.69, 9.17) is 37.8 Å². The van der Waals surface area contributed by atoms with Crippen LogP contribution in [0.3, 0.4) is 0 Å². The lowest BCUT2D eigenvalue weighted by Crippen LogP contribution is -2.37. The van der Waals surface area contributed by atoms with E-state index in [1.54, 1.807) is 24.3 Å². The largest absolute Gasteiger partial charge is 0.437 e. The van der Waals surface area contributed by atoms with Crippen molar-refractivity contribution in [1.82, 2.24) is 15.7 Å². The molecule has 0 saturated heterocycles. The molecule has 2 heterocycles. The Morgan fingerprint density at radius 2 is 1.97 bits per heavy atom. The summed E-state index contributed by atoms with van der Waals surface area (Å²) >= 11 is 12.5. The lowest BCUT2D eigenvalue weighted by molar-refractivity contribution is 0.0623. The Morgan fingerprint density at radius 1 is 1.10 bits per heavy atom. The molecule has 0 bridgehead atoms. The first-order chi connectivity index (χ1) is 14.5.